The van der Waals surface area contributed by atoms with Crippen LogP contribution in [0, 0.1) is 3.57 Å². The molecule has 0 fully saturated rings. The van der Waals surface area contributed by atoms with Crippen LogP contribution in [0.3, 0.4) is 0 Å². The molecule has 3 rings (SSSR count). The lowest BCUT2D eigenvalue weighted by Gasteiger charge is -2.31. The number of fused-ring (bicyclic) bond motifs is 1. The number of amides is 1. The zero-order valence-electron chi connectivity index (χ0n) is 11.4. The molecule has 1 atom stereocenters. The van der Waals surface area contributed by atoms with Crippen molar-refractivity contribution in [1.29, 1.82) is 0 Å². The lowest BCUT2D eigenvalue weighted by molar-refractivity contribution is 0.0951. The molecule has 0 unspecified atom stereocenters. The predicted octanol–water partition coefficient (Wildman–Crippen LogP) is 2.77. The van der Waals surface area contributed by atoms with Crippen LogP contribution >= 0.6 is 34.2 Å². The average Bonchev–Trinajstić information content (AvgIpc) is 2.86. The summed E-state index contributed by atoms with van der Waals surface area (Å²) in [5, 5.41) is 4.67. The predicted molar refractivity (Wildman–Crippen MR) is 87.1 cm³/mol. The first-order valence-corrected chi connectivity index (χ1v) is 7.74. The van der Waals surface area contributed by atoms with Crippen LogP contribution < -0.4 is 9.64 Å². The summed E-state index contributed by atoms with van der Waals surface area (Å²) >= 11 is 8.10. The third-order valence-corrected chi connectivity index (χ3v) is 4.41. The number of halogens is 2. The third-order valence-electron chi connectivity index (χ3n) is 3.33. The number of aromatic nitrogens is 3. The second kappa shape index (κ2) is 5.45. The normalized spacial score (nSPS) is 17.8. The maximum absolute atomic E-state index is 12.7. The number of pyridine rings is 1. The molecule has 1 aliphatic heterocycles. The van der Waals surface area contributed by atoms with E-state index in [-0.39, 0.29) is 11.9 Å². The Morgan fingerprint density at radius 3 is 2.95 bits per heavy atom. The Kier molecular flexibility index (Phi) is 3.78. The summed E-state index contributed by atoms with van der Waals surface area (Å²) in [5.41, 5.74) is 0.588. The first-order valence-electron chi connectivity index (χ1n) is 6.28. The minimum Gasteiger partial charge on any atom is -0.480 e. The molecule has 1 amide bonds. The highest BCUT2D eigenvalue weighted by molar-refractivity contribution is 14.1. The molecule has 6 nitrogen and oxygen atoms in total. The Morgan fingerprint density at radius 2 is 2.24 bits per heavy atom. The molecule has 0 saturated carbocycles. The lowest BCUT2D eigenvalue weighted by Crippen LogP contribution is -2.43. The minimum absolute atomic E-state index is 0.0738. The topological polar surface area (TPSA) is 60.2 Å². The molecular formula is C13H12ClIN4O2. The van der Waals surface area contributed by atoms with Gasteiger partial charge in [-0.15, -0.1) is 0 Å². The van der Waals surface area contributed by atoms with E-state index in [4.69, 9.17) is 16.3 Å². The molecule has 2 aromatic heterocycles. The second-order valence-electron chi connectivity index (χ2n) is 4.71. The highest BCUT2D eigenvalue weighted by Gasteiger charge is 2.33. The Balaban J connectivity index is 2.05. The number of ether oxygens (including phenoxy) is 1. The van der Waals surface area contributed by atoms with Gasteiger partial charge in [0.1, 0.15) is 16.5 Å². The van der Waals surface area contributed by atoms with E-state index in [2.05, 4.69) is 32.7 Å². The number of anilines is 1. The van der Waals surface area contributed by atoms with Gasteiger partial charge in [0.15, 0.2) is 0 Å². The van der Waals surface area contributed by atoms with Gasteiger partial charge in [-0.25, -0.2) is 0 Å². The van der Waals surface area contributed by atoms with Gasteiger partial charge in [0.25, 0.3) is 5.91 Å². The zero-order valence-corrected chi connectivity index (χ0v) is 14.3. The highest BCUT2D eigenvalue weighted by Crippen LogP contribution is 2.30. The molecule has 3 heterocycles. The van der Waals surface area contributed by atoms with E-state index in [1.54, 1.807) is 27.9 Å². The van der Waals surface area contributed by atoms with E-state index < -0.39 is 0 Å². The first-order chi connectivity index (χ1) is 10.0. The van der Waals surface area contributed by atoms with Gasteiger partial charge < -0.3 is 4.74 Å². The van der Waals surface area contributed by atoms with Crippen molar-refractivity contribution < 1.29 is 9.53 Å². The molecule has 2 aromatic rings. The Labute approximate surface area is 140 Å². The summed E-state index contributed by atoms with van der Waals surface area (Å²) in [5.74, 6) is 0.714. The van der Waals surface area contributed by atoms with Crippen molar-refractivity contribution in [2.24, 2.45) is 0 Å². The summed E-state index contributed by atoms with van der Waals surface area (Å²) in [6.07, 6.45) is 1.70. The fourth-order valence-electron chi connectivity index (χ4n) is 2.33. The summed E-state index contributed by atoms with van der Waals surface area (Å²) in [6.45, 7) is 2.51. The Hall–Kier alpha value is -1.35. The molecule has 0 bridgehead atoms. The Bertz CT molecular complexity index is 718. The summed E-state index contributed by atoms with van der Waals surface area (Å²) in [4.78, 5) is 18.6. The van der Waals surface area contributed by atoms with E-state index in [0.29, 0.717) is 29.0 Å². The van der Waals surface area contributed by atoms with Crippen LogP contribution in [0.1, 0.15) is 23.5 Å². The number of nitrogens with zero attached hydrogens (tertiary/aromatic N) is 4. The number of rotatable bonds is 2. The van der Waals surface area contributed by atoms with Crippen molar-refractivity contribution >= 4 is 45.9 Å². The minimum atomic E-state index is -0.119. The summed E-state index contributed by atoms with van der Waals surface area (Å²) < 4.78 is 7.70. The van der Waals surface area contributed by atoms with Gasteiger partial charge in [0.2, 0.25) is 5.88 Å². The van der Waals surface area contributed by atoms with E-state index in [9.17, 15) is 4.79 Å². The molecule has 0 N–H and O–H groups in total. The van der Waals surface area contributed by atoms with E-state index in [0.717, 1.165) is 3.57 Å². The van der Waals surface area contributed by atoms with Crippen molar-refractivity contribution in [3.05, 3.63) is 32.6 Å². The molecule has 1 aliphatic rings. The molecule has 0 aliphatic carbocycles. The fourth-order valence-corrected chi connectivity index (χ4v) is 3.12. The van der Waals surface area contributed by atoms with Gasteiger partial charge in [-0.3, -0.25) is 14.4 Å². The maximum atomic E-state index is 12.7. The number of carbonyl (C=O) groups excluding carboxylic acids is 1. The molecular weight excluding hydrogens is 407 g/mol. The van der Waals surface area contributed by atoms with Gasteiger partial charge in [-0.1, -0.05) is 11.6 Å². The van der Waals surface area contributed by atoms with Crippen LogP contribution in [0.25, 0.3) is 0 Å². The molecule has 0 radical (unpaired) electrons. The molecule has 0 spiro atoms. The largest absolute Gasteiger partial charge is 0.480 e. The van der Waals surface area contributed by atoms with E-state index >= 15 is 0 Å². The van der Waals surface area contributed by atoms with E-state index in [1.807, 2.05) is 6.92 Å². The molecule has 21 heavy (non-hydrogen) atoms. The summed E-state index contributed by atoms with van der Waals surface area (Å²) in [7, 11) is 1.50. The van der Waals surface area contributed by atoms with Crippen LogP contribution in [-0.2, 0) is 0 Å². The quantitative estimate of drug-likeness (QED) is 0.704. The Morgan fingerprint density at radius 1 is 1.48 bits per heavy atom. The number of carbonyl (C=O) groups is 1. The fraction of sp³-hybridized carbons (Fsp3) is 0.308. The first kappa shape index (κ1) is 14.6. The van der Waals surface area contributed by atoms with Crippen molar-refractivity contribution in [2.75, 3.05) is 18.6 Å². The van der Waals surface area contributed by atoms with Gasteiger partial charge in [0, 0.05) is 6.54 Å². The van der Waals surface area contributed by atoms with Crippen molar-refractivity contribution in [2.45, 2.75) is 13.0 Å². The van der Waals surface area contributed by atoms with Crippen LogP contribution in [-0.4, -0.2) is 34.3 Å². The van der Waals surface area contributed by atoms with Crippen LogP contribution in [0.15, 0.2) is 18.3 Å². The van der Waals surface area contributed by atoms with Crippen molar-refractivity contribution in [1.82, 2.24) is 14.8 Å². The smallest absolute Gasteiger partial charge is 0.278 e. The number of hydrogen-bond acceptors (Lipinski definition) is 4. The van der Waals surface area contributed by atoms with Gasteiger partial charge in [-0.05, 0) is 41.6 Å². The zero-order chi connectivity index (χ0) is 15.1. The second-order valence-corrected chi connectivity index (χ2v) is 6.28. The van der Waals surface area contributed by atoms with Crippen LogP contribution in [0.5, 0.6) is 5.88 Å². The van der Waals surface area contributed by atoms with Gasteiger partial charge in [-0.2, -0.15) is 10.1 Å². The van der Waals surface area contributed by atoms with Crippen LogP contribution in [0.2, 0.25) is 5.02 Å². The van der Waals surface area contributed by atoms with Crippen molar-refractivity contribution in [3.63, 3.8) is 0 Å². The van der Waals surface area contributed by atoms with E-state index in [1.165, 1.54) is 7.11 Å². The maximum Gasteiger partial charge on any atom is 0.278 e. The molecule has 0 saturated heterocycles. The molecule has 8 heteroatoms. The standard InChI is InChI=1S/C13H12ClIN4O2/c1-7-6-18(10-4-3-8(14)12(17-10)21-2)13(20)11-9(15)5-16-19(7)11/h3-5,7H,6H2,1-2H3/t7-/m0/s1. The van der Waals surface area contributed by atoms with Gasteiger partial charge in [0.05, 0.1) is 22.9 Å². The highest BCUT2D eigenvalue weighted by atomic mass is 127. The average molecular weight is 419 g/mol. The molecule has 110 valence electrons. The third kappa shape index (κ3) is 2.38. The summed E-state index contributed by atoms with van der Waals surface area (Å²) in [6, 6.07) is 3.47. The number of hydrogen-bond donors (Lipinski definition) is 0. The lowest BCUT2D eigenvalue weighted by atomic mass is 10.2. The van der Waals surface area contributed by atoms with Crippen molar-refractivity contribution in [3.8, 4) is 5.88 Å². The van der Waals surface area contributed by atoms with Gasteiger partial charge >= 0.3 is 0 Å². The number of methoxy groups -OCH3 is 1. The SMILES string of the molecule is COc1nc(N2C[C@H](C)n3ncc(I)c3C2=O)ccc1Cl. The van der Waals surface area contributed by atoms with Crippen LogP contribution in [0.4, 0.5) is 5.82 Å². The monoisotopic (exact) mass is 418 g/mol. The molecule has 0 aromatic carbocycles.